The molecule has 0 aliphatic carbocycles. The van der Waals surface area contributed by atoms with Crippen molar-refractivity contribution in [2.45, 2.75) is 25.7 Å². The fourth-order valence-electron chi connectivity index (χ4n) is 1.48. The van der Waals surface area contributed by atoms with E-state index < -0.39 is 0 Å². The van der Waals surface area contributed by atoms with Crippen LogP contribution in [-0.4, -0.2) is 54.8 Å². The highest BCUT2D eigenvalue weighted by Crippen LogP contribution is 2.07. The molecule has 3 N–H and O–H groups in total. The van der Waals surface area contributed by atoms with Gasteiger partial charge in [-0.1, -0.05) is 0 Å². The Morgan fingerprint density at radius 3 is 2.15 bits per heavy atom. The van der Waals surface area contributed by atoms with Crippen molar-refractivity contribution < 1.29 is 0 Å². The number of likely N-dealkylation sites (N-methyl/N-ethyl adjacent to an activating group) is 3. The van der Waals surface area contributed by atoms with Crippen molar-refractivity contribution in [3.63, 3.8) is 0 Å². The van der Waals surface area contributed by atoms with Crippen LogP contribution in [0.4, 0.5) is 0 Å². The van der Waals surface area contributed by atoms with Crippen LogP contribution in [0.1, 0.15) is 13.8 Å². The summed E-state index contributed by atoms with van der Waals surface area (Å²) in [4.78, 5) is 5.74. The van der Waals surface area contributed by atoms with Gasteiger partial charge in [0.15, 0.2) is 0 Å². The molecular weight excluding hydrogens is 180 g/mol. The molecule has 80 valence electrons. The molecule has 0 aromatic carbocycles. The second-order valence-electron chi connectivity index (χ2n) is 3.60. The van der Waals surface area contributed by atoms with Crippen LogP contribution in [0.25, 0.3) is 0 Å². The predicted molar refractivity (Wildman–Crippen MR) is 61.7 cm³/mol. The van der Waals surface area contributed by atoms with E-state index >= 15 is 0 Å². The van der Waals surface area contributed by atoms with Crippen LogP contribution in [0.15, 0.2) is 0 Å². The van der Waals surface area contributed by atoms with E-state index in [9.17, 15) is 0 Å². The first kappa shape index (κ1) is 13.1. The molecule has 0 fully saturated rings. The lowest BCUT2D eigenvalue weighted by atomic mass is 10.2. The van der Waals surface area contributed by atoms with Crippen molar-refractivity contribution in [1.29, 1.82) is 0 Å². The van der Waals surface area contributed by atoms with Gasteiger partial charge in [0.05, 0.1) is 10.4 Å². The number of rotatable bonds is 6. The van der Waals surface area contributed by atoms with Crippen molar-refractivity contribution in [3.8, 4) is 0 Å². The lowest BCUT2D eigenvalue weighted by Crippen LogP contribution is -2.70. The number of hydrogen-bond acceptors (Lipinski definition) is 4. The molecule has 5 heteroatoms. The van der Waals surface area contributed by atoms with Crippen molar-refractivity contribution in [1.82, 2.24) is 20.5 Å². The maximum absolute atomic E-state index is 3.44. The summed E-state index contributed by atoms with van der Waals surface area (Å²) >= 11 is 0. The Morgan fingerprint density at radius 1 is 1.38 bits per heavy atom. The summed E-state index contributed by atoms with van der Waals surface area (Å²) in [7, 11) is 7.06. The molecule has 0 amide bonds. The van der Waals surface area contributed by atoms with E-state index in [0.29, 0.717) is 6.04 Å². The van der Waals surface area contributed by atoms with Gasteiger partial charge in [-0.3, -0.25) is 10.2 Å². The SMILES string of the molecule is CNCC(NC)(N[SiH3])N(C)C(C)C. The van der Waals surface area contributed by atoms with Crippen LogP contribution in [0.5, 0.6) is 0 Å². The molecule has 0 saturated carbocycles. The molecule has 0 spiro atoms. The van der Waals surface area contributed by atoms with Crippen LogP contribution >= 0.6 is 0 Å². The molecule has 0 heterocycles. The van der Waals surface area contributed by atoms with Gasteiger partial charge in [-0.25, -0.2) is 0 Å². The smallest absolute Gasteiger partial charge is 0.132 e. The normalized spacial score (nSPS) is 16.8. The standard InChI is InChI=1S/C8H24N4Si/c1-7(2)12(5)8(10-4,11-13)6-9-3/h7,9-11H,6H2,1-5,13H3. The largest absolute Gasteiger partial charge is 0.316 e. The highest BCUT2D eigenvalue weighted by atomic mass is 28.2. The molecule has 0 rings (SSSR count). The molecule has 0 bridgehead atoms. The van der Waals surface area contributed by atoms with Crippen molar-refractivity contribution in [2.75, 3.05) is 27.7 Å². The molecule has 0 radical (unpaired) electrons. The first-order valence-electron chi connectivity index (χ1n) is 4.79. The fourth-order valence-corrected chi connectivity index (χ4v) is 2.26. The second-order valence-corrected chi connectivity index (χ2v) is 4.10. The van der Waals surface area contributed by atoms with Crippen molar-refractivity contribution >= 4 is 10.4 Å². The van der Waals surface area contributed by atoms with Gasteiger partial charge in [0.2, 0.25) is 0 Å². The van der Waals surface area contributed by atoms with Crippen molar-refractivity contribution in [2.24, 2.45) is 0 Å². The summed E-state index contributed by atoms with van der Waals surface area (Å²) in [5.74, 6) is -0.102. The summed E-state index contributed by atoms with van der Waals surface area (Å²) in [6.07, 6.45) is 0. The van der Waals surface area contributed by atoms with Crippen LogP contribution in [-0.2, 0) is 0 Å². The molecule has 13 heavy (non-hydrogen) atoms. The van der Waals surface area contributed by atoms with Gasteiger partial charge in [-0.2, -0.15) is 0 Å². The Kier molecular flexibility index (Phi) is 5.74. The molecule has 0 aliphatic rings. The first-order valence-corrected chi connectivity index (χ1v) is 5.79. The molecule has 0 saturated heterocycles. The third-order valence-electron chi connectivity index (χ3n) is 2.64. The summed E-state index contributed by atoms with van der Waals surface area (Å²) in [6, 6.07) is 0.516. The van der Waals surface area contributed by atoms with Gasteiger partial charge >= 0.3 is 0 Å². The van der Waals surface area contributed by atoms with Gasteiger partial charge in [0.25, 0.3) is 0 Å². The van der Waals surface area contributed by atoms with E-state index in [1.54, 1.807) is 0 Å². The molecule has 0 aromatic heterocycles. The maximum atomic E-state index is 3.44. The zero-order chi connectivity index (χ0) is 10.5. The molecular formula is C8H24N4Si. The molecule has 0 aliphatic heterocycles. The minimum absolute atomic E-state index is 0.102. The maximum Gasteiger partial charge on any atom is 0.132 e. The molecule has 1 atom stereocenters. The topological polar surface area (TPSA) is 39.3 Å². The quantitative estimate of drug-likeness (QED) is 0.356. The second kappa shape index (κ2) is 5.72. The van der Waals surface area contributed by atoms with E-state index in [4.69, 9.17) is 0 Å². The summed E-state index contributed by atoms with van der Waals surface area (Å²) in [6.45, 7) is 5.28. The third kappa shape index (κ3) is 3.03. The summed E-state index contributed by atoms with van der Waals surface area (Å²) in [5.41, 5.74) is 0. The number of nitrogens with one attached hydrogen (secondary N) is 3. The molecule has 0 aromatic rings. The van der Waals surface area contributed by atoms with Gasteiger partial charge < -0.3 is 10.3 Å². The minimum Gasteiger partial charge on any atom is -0.316 e. The summed E-state index contributed by atoms with van der Waals surface area (Å²) < 4.78 is 0. The predicted octanol–water partition coefficient (Wildman–Crippen LogP) is -1.71. The van der Waals surface area contributed by atoms with Gasteiger partial charge in [0, 0.05) is 12.6 Å². The van der Waals surface area contributed by atoms with E-state index in [-0.39, 0.29) is 5.79 Å². The van der Waals surface area contributed by atoms with E-state index in [1.807, 2.05) is 14.1 Å². The Bertz CT molecular complexity index is 136. The van der Waals surface area contributed by atoms with E-state index in [2.05, 4.69) is 41.4 Å². The van der Waals surface area contributed by atoms with Gasteiger partial charge in [-0.15, -0.1) is 0 Å². The monoisotopic (exact) mass is 204 g/mol. The van der Waals surface area contributed by atoms with Crippen LogP contribution < -0.4 is 15.6 Å². The number of hydrogen-bond donors (Lipinski definition) is 3. The Morgan fingerprint density at radius 2 is 1.92 bits per heavy atom. The van der Waals surface area contributed by atoms with Crippen LogP contribution in [0.3, 0.4) is 0 Å². The zero-order valence-electron chi connectivity index (χ0n) is 9.73. The highest BCUT2D eigenvalue weighted by Gasteiger charge is 2.31. The Labute approximate surface area is 85.0 Å². The Balaban J connectivity index is 4.53. The highest BCUT2D eigenvalue weighted by molar-refractivity contribution is 6.04. The van der Waals surface area contributed by atoms with Gasteiger partial charge in [-0.05, 0) is 35.0 Å². The lowest BCUT2D eigenvalue weighted by Gasteiger charge is -2.44. The zero-order valence-corrected chi connectivity index (χ0v) is 11.7. The molecule has 4 nitrogen and oxygen atoms in total. The lowest BCUT2D eigenvalue weighted by molar-refractivity contribution is 0.0503. The number of nitrogens with zero attached hydrogens (tertiary/aromatic N) is 1. The minimum atomic E-state index is -0.102. The average molecular weight is 204 g/mol. The Hall–Kier alpha value is 0.0569. The van der Waals surface area contributed by atoms with Crippen LogP contribution in [0.2, 0.25) is 0 Å². The van der Waals surface area contributed by atoms with E-state index in [0.717, 1.165) is 16.9 Å². The van der Waals surface area contributed by atoms with Crippen LogP contribution in [0, 0.1) is 0 Å². The van der Waals surface area contributed by atoms with Crippen molar-refractivity contribution in [3.05, 3.63) is 0 Å². The summed E-state index contributed by atoms with van der Waals surface area (Å²) in [5, 5.41) is 6.54. The molecule has 1 unspecified atom stereocenters. The first-order chi connectivity index (χ1) is 6.04. The van der Waals surface area contributed by atoms with Gasteiger partial charge in [0.1, 0.15) is 5.79 Å². The average Bonchev–Trinajstić information content (AvgIpc) is 2.13. The van der Waals surface area contributed by atoms with E-state index in [1.165, 1.54) is 0 Å². The fraction of sp³-hybridized carbons (Fsp3) is 1.00. The third-order valence-corrected chi connectivity index (χ3v) is 3.46.